The Hall–Kier alpha value is -3.79. The third-order valence-corrected chi connectivity index (χ3v) is 6.37. The number of carbonyl (C=O) groups excluding carboxylic acids is 1. The van der Waals surface area contributed by atoms with Gasteiger partial charge in [0.1, 0.15) is 6.61 Å². The van der Waals surface area contributed by atoms with Gasteiger partial charge in [0.25, 0.3) is 0 Å². The maximum Gasteiger partial charge on any atom is 0.241 e. The maximum atomic E-state index is 12.8. The van der Waals surface area contributed by atoms with Crippen molar-refractivity contribution in [1.82, 2.24) is 20.4 Å². The average Bonchev–Trinajstić information content (AvgIpc) is 3.40. The van der Waals surface area contributed by atoms with E-state index in [1.807, 2.05) is 49.4 Å². The average molecular weight is 511 g/mol. The van der Waals surface area contributed by atoms with Gasteiger partial charge < -0.3 is 28.8 Å². The molecule has 1 amide bonds. The fraction of sp³-hybridized carbons (Fsp3) is 0.444. The number of ether oxygens (including phenoxy) is 4. The molecule has 198 valence electrons. The second kappa shape index (κ2) is 12.4. The summed E-state index contributed by atoms with van der Waals surface area (Å²) in [6.45, 7) is 4.40. The summed E-state index contributed by atoms with van der Waals surface area (Å²) in [5.74, 6) is 3.64. The number of carbonyl (C=O) groups is 1. The Kier molecular flexibility index (Phi) is 8.84. The van der Waals surface area contributed by atoms with Gasteiger partial charge in [-0.05, 0) is 63.2 Å². The highest BCUT2D eigenvalue weighted by Gasteiger charge is 2.27. The van der Waals surface area contributed by atoms with E-state index in [1.165, 1.54) is 0 Å². The highest BCUT2D eigenvalue weighted by Crippen LogP contribution is 2.31. The van der Waals surface area contributed by atoms with E-state index in [-0.39, 0.29) is 17.9 Å². The number of rotatable bonds is 11. The molecule has 1 unspecified atom stereocenters. The number of hydrogen-bond donors (Lipinski definition) is 1. The van der Waals surface area contributed by atoms with Gasteiger partial charge in [0, 0.05) is 11.5 Å². The van der Waals surface area contributed by atoms with Crippen molar-refractivity contribution in [2.75, 3.05) is 41.0 Å². The topological polar surface area (TPSA) is 108 Å². The van der Waals surface area contributed by atoms with Crippen molar-refractivity contribution in [3.8, 4) is 34.4 Å². The van der Waals surface area contributed by atoms with Crippen LogP contribution in [0.2, 0.25) is 0 Å². The van der Waals surface area contributed by atoms with Crippen LogP contribution in [0, 0.1) is 5.92 Å². The highest BCUT2D eigenvalue weighted by atomic mass is 16.5. The molecule has 10 heteroatoms. The van der Waals surface area contributed by atoms with E-state index < -0.39 is 0 Å². The van der Waals surface area contributed by atoms with Gasteiger partial charge in [-0.3, -0.25) is 9.69 Å². The molecular formula is C27H34N4O6. The summed E-state index contributed by atoms with van der Waals surface area (Å²) in [5.41, 5.74) is 0.784. The quantitative estimate of drug-likeness (QED) is 0.414. The van der Waals surface area contributed by atoms with Crippen molar-refractivity contribution in [2.24, 2.45) is 5.92 Å². The minimum absolute atomic E-state index is 0.0324. The van der Waals surface area contributed by atoms with Crippen LogP contribution in [-0.4, -0.2) is 68.0 Å². The summed E-state index contributed by atoms with van der Waals surface area (Å²) in [6.07, 6.45) is 1.53. The molecule has 37 heavy (non-hydrogen) atoms. The van der Waals surface area contributed by atoms with E-state index in [0.29, 0.717) is 47.9 Å². The molecule has 10 nitrogen and oxygen atoms in total. The molecule has 1 aliphatic rings. The second-order valence-corrected chi connectivity index (χ2v) is 9.00. The summed E-state index contributed by atoms with van der Waals surface area (Å²) < 4.78 is 27.3. The molecule has 1 saturated heterocycles. The Morgan fingerprint density at radius 1 is 1.03 bits per heavy atom. The summed E-state index contributed by atoms with van der Waals surface area (Å²) in [6, 6.07) is 12.8. The van der Waals surface area contributed by atoms with Crippen LogP contribution in [0.25, 0.3) is 11.4 Å². The zero-order valence-corrected chi connectivity index (χ0v) is 21.7. The first-order chi connectivity index (χ1) is 18.0. The van der Waals surface area contributed by atoms with Crippen molar-refractivity contribution in [3.63, 3.8) is 0 Å². The van der Waals surface area contributed by atoms with E-state index in [4.69, 9.17) is 23.5 Å². The van der Waals surface area contributed by atoms with Gasteiger partial charge in [0.2, 0.25) is 17.6 Å². The minimum atomic E-state index is -0.121. The number of benzene rings is 2. The maximum absolute atomic E-state index is 12.8. The van der Waals surface area contributed by atoms with Gasteiger partial charge in [-0.25, -0.2) is 0 Å². The number of likely N-dealkylation sites (tertiary alicyclic amines) is 1. The predicted molar refractivity (Wildman–Crippen MR) is 137 cm³/mol. The van der Waals surface area contributed by atoms with E-state index in [2.05, 4.69) is 20.4 Å². The lowest BCUT2D eigenvalue weighted by molar-refractivity contribution is -0.127. The Morgan fingerprint density at radius 2 is 1.70 bits per heavy atom. The molecule has 0 spiro atoms. The Labute approximate surface area is 216 Å². The summed E-state index contributed by atoms with van der Waals surface area (Å²) >= 11 is 0. The van der Waals surface area contributed by atoms with Crippen molar-refractivity contribution in [1.29, 1.82) is 0 Å². The van der Waals surface area contributed by atoms with Crippen molar-refractivity contribution >= 4 is 5.91 Å². The van der Waals surface area contributed by atoms with E-state index >= 15 is 0 Å². The zero-order valence-electron chi connectivity index (χ0n) is 21.7. The molecule has 1 atom stereocenters. The summed E-state index contributed by atoms with van der Waals surface area (Å²) in [5, 5.41) is 7.19. The third-order valence-electron chi connectivity index (χ3n) is 6.37. The number of nitrogens with zero attached hydrogens (tertiary/aromatic N) is 3. The molecule has 0 saturated carbocycles. The number of methoxy groups -OCH3 is 3. The third kappa shape index (κ3) is 6.71. The zero-order chi connectivity index (χ0) is 26.2. The normalized spacial score (nSPS) is 15.1. The van der Waals surface area contributed by atoms with Crippen LogP contribution in [0.15, 0.2) is 47.0 Å². The van der Waals surface area contributed by atoms with Crippen LogP contribution in [0.3, 0.4) is 0 Å². The number of nitrogens with one attached hydrogen (secondary N) is 1. The van der Waals surface area contributed by atoms with E-state index in [1.54, 1.807) is 21.3 Å². The summed E-state index contributed by atoms with van der Waals surface area (Å²) in [7, 11) is 4.79. The molecule has 1 N–H and O–H groups in total. The molecular weight excluding hydrogens is 476 g/mol. The molecule has 1 aliphatic heterocycles. The first-order valence-electron chi connectivity index (χ1n) is 12.3. The van der Waals surface area contributed by atoms with Gasteiger partial charge >= 0.3 is 0 Å². The fourth-order valence-electron chi connectivity index (χ4n) is 4.31. The van der Waals surface area contributed by atoms with Crippen molar-refractivity contribution in [2.45, 2.75) is 32.4 Å². The van der Waals surface area contributed by atoms with Gasteiger partial charge in [-0.1, -0.05) is 17.3 Å². The molecule has 1 fully saturated rings. The number of piperidine rings is 1. The van der Waals surface area contributed by atoms with Crippen LogP contribution in [-0.2, 0) is 11.3 Å². The molecule has 0 radical (unpaired) electrons. The summed E-state index contributed by atoms with van der Waals surface area (Å²) in [4.78, 5) is 19.6. The highest BCUT2D eigenvalue weighted by molar-refractivity contribution is 5.79. The predicted octanol–water partition coefficient (Wildman–Crippen LogP) is 3.56. The molecule has 0 aliphatic carbocycles. The lowest BCUT2D eigenvalue weighted by Crippen LogP contribution is -2.44. The van der Waals surface area contributed by atoms with Crippen molar-refractivity contribution in [3.05, 3.63) is 48.4 Å². The monoisotopic (exact) mass is 510 g/mol. The van der Waals surface area contributed by atoms with Gasteiger partial charge in [-0.2, -0.15) is 4.98 Å². The van der Waals surface area contributed by atoms with Gasteiger partial charge in [0.15, 0.2) is 23.0 Å². The molecule has 2 aromatic carbocycles. The van der Waals surface area contributed by atoms with E-state index in [0.717, 1.165) is 31.5 Å². The molecule has 0 bridgehead atoms. The van der Waals surface area contributed by atoms with Crippen LogP contribution < -0.4 is 24.3 Å². The van der Waals surface area contributed by atoms with E-state index in [9.17, 15) is 4.79 Å². The number of hydrogen-bond acceptors (Lipinski definition) is 9. The minimum Gasteiger partial charge on any atom is -0.493 e. The number of aromatic nitrogens is 2. The Morgan fingerprint density at radius 3 is 2.41 bits per heavy atom. The Bertz CT molecular complexity index is 1180. The SMILES string of the molecule is COc1ccc(-c2noc(CN3CCC(C(=O)NC(C)COc4ccccc4OC)CC3)n2)cc1OC. The lowest BCUT2D eigenvalue weighted by atomic mass is 9.95. The van der Waals surface area contributed by atoms with Crippen LogP contribution in [0.1, 0.15) is 25.7 Å². The molecule has 3 aromatic rings. The smallest absolute Gasteiger partial charge is 0.241 e. The molecule has 4 rings (SSSR count). The Balaban J connectivity index is 1.23. The lowest BCUT2D eigenvalue weighted by Gasteiger charge is -2.30. The first kappa shape index (κ1) is 26.3. The second-order valence-electron chi connectivity index (χ2n) is 9.00. The number of amides is 1. The standard InChI is InChI=1S/C27H34N4O6/c1-18(17-36-23-8-6-5-7-21(23)33-2)28-27(32)19-11-13-31(14-12-19)16-25-29-26(30-37-25)20-9-10-22(34-3)24(15-20)35-4/h5-10,15,18-19H,11-14,16-17H2,1-4H3,(H,28,32). The van der Waals surface area contributed by atoms with Gasteiger partial charge in [0.05, 0.1) is 33.9 Å². The fourth-order valence-corrected chi connectivity index (χ4v) is 4.31. The first-order valence-corrected chi connectivity index (χ1v) is 12.3. The number of para-hydroxylation sites is 2. The van der Waals surface area contributed by atoms with Crippen LogP contribution in [0.5, 0.6) is 23.0 Å². The van der Waals surface area contributed by atoms with Gasteiger partial charge in [-0.15, -0.1) is 0 Å². The molecule has 2 heterocycles. The molecule has 1 aromatic heterocycles. The van der Waals surface area contributed by atoms with Crippen molar-refractivity contribution < 1.29 is 28.3 Å². The largest absolute Gasteiger partial charge is 0.493 e. The van der Waals surface area contributed by atoms with Crippen LogP contribution >= 0.6 is 0 Å². The van der Waals surface area contributed by atoms with Crippen LogP contribution in [0.4, 0.5) is 0 Å².